The molecule has 0 unspecified atom stereocenters. The Morgan fingerprint density at radius 2 is 2.11 bits per heavy atom. The molecule has 0 aromatic carbocycles. The molecule has 8 nitrogen and oxygen atoms in total. The lowest BCUT2D eigenvalue weighted by Crippen LogP contribution is -2.44. The third-order valence-electron chi connectivity index (χ3n) is 2.37. The number of hydrogen-bond donors (Lipinski definition) is 3. The number of amides is 2. The van der Waals surface area contributed by atoms with Crippen molar-refractivity contribution in [1.29, 1.82) is 0 Å². The van der Waals surface area contributed by atoms with E-state index in [9.17, 15) is 9.59 Å². The Morgan fingerprint density at radius 3 is 2.67 bits per heavy atom. The van der Waals surface area contributed by atoms with Crippen molar-refractivity contribution in [2.45, 2.75) is 20.4 Å². The van der Waals surface area contributed by atoms with Crippen molar-refractivity contribution in [3.63, 3.8) is 0 Å². The molecule has 0 saturated heterocycles. The first-order valence-corrected chi connectivity index (χ1v) is 5.51. The molecule has 1 aromatic heterocycles. The van der Waals surface area contributed by atoms with E-state index in [0.29, 0.717) is 13.1 Å². The summed E-state index contributed by atoms with van der Waals surface area (Å²) in [4.78, 5) is 22.2. The lowest BCUT2D eigenvalue weighted by Gasteiger charge is -2.19. The quantitative estimate of drug-likeness (QED) is 0.646. The van der Waals surface area contributed by atoms with Crippen LogP contribution in [-0.2, 0) is 11.3 Å². The molecule has 0 atom stereocenters. The minimum absolute atomic E-state index is 0.0670. The van der Waals surface area contributed by atoms with Crippen LogP contribution >= 0.6 is 0 Å². The van der Waals surface area contributed by atoms with Crippen LogP contribution in [-0.4, -0.2) is 45.2 Å². The van der Waals surface area contributed by atoms with E-state index in [1.54, 1.807) is 30.9 Å². The standard InChI is InChI=1S/C10H17N5O3/c1-10(2,8(16)17)7-12-9(18)11-3-5-15-6-4-13-14-15/h4,6H,3,5,7H2,1-2H3,(H,16,17)(H2,11,12,18). The Balaban J connectivity index is 2.20. The highest BCUT2D eigenvalue weighted by atomic mass is 16.4. The van der Waals surface area contributed by atoms with E-state index in [-0.39, 0.29) is 6.54 Å². The van der Waals surface area contributed by atoms with Gasteiger partial charge >= 0.3 is 12.0 Å². The molecule has 100 valence electrons. The highest BCUT2D eigenvalue weighted by Gasteiger charge is 2.27. The summed E-state index contributed by atoms with van der Waals surface area (Å²) in [5.74, 6) is -0.953. The Labute approximate surface area is 104 Å². The fourth-order valence-corrected chi connectivity index (χ4v) is 1.08. The molecule has 8 heteroatoms. The SMILES string of the molecule is CC(C)(CNC(=O)NCCn1ccnn1)C(=O)O. The Morgan fingerprint density at radius 1 is 1.39 bits per heavy atom. The Kier molecular flexibility index (Phi) is 4.64. The van der Waals surface area contributed by atoms with Crippen molar-refractivity contribution in [3.8, 4) is 0 Å². The van der Waals surface area contributed by atoms with Crippen LogP contribution < -0.4 is 10.6 Å². The van der Waals surface area contributed by atoms with Crippen LogP contribution in [0.25, 0.3) is 0 Å². The van der Waals surface area contributed by atoms with Crippen molar-refractivity contribution in [2.75, 3.05) is 13.1 Å². The van der Waals surface area contributed by atoms with Gasteiger partial charge < -0.3 is 15.7 Å². The summed E-state index contributed by atoms with van der Waals surface area (Å²) in [6, 6.07) is -0.399. The maximum absolute atomic E-state index is 11.4. The van der Waals surface area contributed by atoms with Gasteiger partial charge in [-0.05, 0) is 13.8 Å². The zero-order chi connectivity index (χ0) is 13.6. The number of aromatic nitrogens is 3. The van der Waals surface area contributed by atoms with Crippen molar-refractivity contribution < 1.29 is 14.7 Å². The largest absolute Gasteiger partial charge is 0.481 e. The molecule has 0 saturated carbocycles. The van der Waals surface area contributed by atoms with Crippen LogP contribution in [0.4, 0.5) is 4.79 Å². The van der Waals surface area contributed by atoms with E-state index >= 15 is 0 Å². The maximum Gasteiger partial charge on any atom is 0.314 e. The van der Waals surface area contributed by atoms with Gasteiger partial charge in [0.1, 0.15) is 0 Å². The number of carbonyl (C=O) groups excluding carboxylic acids is 1. The number of urea groups is 1. The van der Waals surface area contributed by atoms with Gasteiger partial charge in [-0.15, -0.1) is 5.10 Å². The predicted molar refractivity (Wildman–Crippen MR) is 62.8 cm³/mol. The number of hydrogen-bond acceptors (Lipinski definition) is 4. The molecule has 1 aromatic rings. The second-order valence-electron chi connectivity index (χ2n) is 4.46. The maximum atomic E-state index is 11.4. The van der Waals surface area contributed by atoms with Gasteiger partial charge in [0.15, 0.2) is 0 Å². The number of carboxylic acid groups (broad SMARTS) is 1. The molecule has 0 spiro atoms. The average Bonchev–Trinajstić information content (AvgIpc) is 2.79. The predicted octanol–water partition coefficient (Wildman–Crippen LogP) is -0.312. The summed E-state index contributed by atoms with van der Waals surface area (Å²) < 4.78 is 1.58. The second kappa shape index (κ2) is 5.99. The van der Waals surface area contributed by atoms with Crippen LogP contribution in [0.3, 0.4) is 0 Å². The third-order valence-corrected chi connectivity index (χ3v) is 2.37. The molecule has 0 fully saturated rings. The first kappa shape index (κ1) is 13.9. The molecular formula is C10H17N5O3. The van der Waals surface area contributed by atoms with Crippen LogP contribution in [0, 0.1) is 5.41 Å². The molecular weight excluding hydrogens is 238 g/mol. The van der Waals surface area contributed by atoms with E-state index in [0.717, 1.165) is 0 Å². The fourth-order valence-electron chi connectivity index (χ4n) is 1.08. The minimum atomic E-state index is -0.983. The molecule has 1 rings (SSSR count). The number of rotatable bonds is 6. The van der Waals surface area contributed by atoms with Gasteiger partial charge in [-0.25, -0.2) is 4.79 Å². The van der Waals surface area contributed by atoms with Gasteiger partial charge in [0.05, 0.1) is 18.2 Å². The zero-order valence-corrected chi connectivity index (χ0v) is 10.4. The second-order valence-corrected chi connectivity index (χ2v) is 4.46. The topological polar surface area (TPSA) is 109 Å². The molecule has 3 N–H and O–H groups in total. The molecule has 0 aliphatic carbocycles. The summed E-state index contributed by atoms with van der Waals surface area (Å²) >= 11 is 0. The van der Waals surface area contributed by atoms with Crippen LogP contribution in [0.5, 0.6) is 0 Å². The number of carbonyl (C=O) groups is 2. The number of aliphatic carboxylic acids is 1. The summed E-state index contributed by atoms with van der Waals surface area (Å²) in [5.41, 5.74) is -0.983. The van der Waals surface area contributed by atoms with Gasteiger partial charge in [0.2, 0.25) is 0 Å². The lowest BCUT2D eigenvalue weighted by atomic mass is 9.94. The molecule has 18 heavy (non-hydrogen) atoms. The highest BCUT2D eigenvalue weighted by molar-refractivity contribution is 5.77. The molecule has 0 aliphatic heterocycles. The first-order valence-electron chi connectivity index (χ1n) is 5.51. The van der Waals surface area contributed by atoms with E-state index in [1.807, 2.05) is 0 Å². The monoisotopic (exact) mass is 255 g/mol. The average molecular weight is 255 g/mol. The summed E-state index contributed by atoms with van der Waals surface area (Å²) in [6.07, 6.45) is 3.24. The normalized spacial score (nSPS) is 11.0. The van der Waals surface area contributed by atoms with Crippen LogP contribution in [0.15, 0.2) is 12.4 Å². The molecule has 1 heterocycles. The fraction of sp³-hybridized carbons (Fsp3) is 0.600. The van der Waals surface area contributed by atoms with Crippen LogP contribution in [0.2, 0.25) is 0 Å². The van der Waals surface area contributed by atoms with Crippen molar-refractivity contribution in [1.82, 2.24) is 25.6 Å². The van der Waals surface area contributed by atoms with Gasteiger partial charge in [-0.3, -0.25) is 9.48 Å². The van der Waals surface area contributed by atoms with Gasteiger partial charge in [0, 0.05) is 19.3 Å². The van der Waals surface area contributed by atoms with Gasteiger partial charge in [-0.2, -0.15) is 0 Å². The van der Waals surface area contributed by atoms with E-state index in [1.165, 1.54) is 0 Å². The number of nitrogens with zero attached hydrogens (tertiary/aromatic N) is 3. The summed E-state index contributed by atoms with van der Waals surface area (Å²) in [5, 5.41) is 21.3. The first-order chi connectivity index (χ1) is 8.42. The van der Waals surface area contributed by atoms with Crippen molar-refractivity contribution >= 4 is 12.0 Å². The molecule has 0 bridgehead atoms. The summed E-state index contributed by atoms with van der Waals surface area (Å²) in [6.45, 7) is 4.06. The zero-order valence-electron chi connectivity index (χ0n) is 10.4. The van der Waals surface area contributed by atoms with E-state index < -0.39 is 17.4 Å². The molecule has 0 radical (unpaired) electrons. The number of nitrogens with one attached hydrogen (secondary N) is 2. The smallest absolute Gasteiger partial charge is 0.314 e. The Bertz CT molecular complexity index is 402. The van der Waals surface area contributed by atoms with Gasteiger partial charge in [0.25, 0.3) is 0 Å². The molecule has 2 amide bonds. The Hall–Kier alpha value is -2.12. The molecule has 0 aliphatic rings. The van der Waals surface area contributed by atoms with Crippen LogP contribution in [0.1, 0.15) is 13.8 Å². The van der Waals surface area contributed by atoms with E-state index in [2.05, 4.69) is 20.9 Å². The van der Waals surface area contributed by atoms with Crippen molar-refractivity contribution in [3.05, 3.63) is 12.4 Å². The highest BCUT2D eigenvalue weighted by Crippen LogP contribution is 2.12. The summed E-state index contributed by atoms with van der Waals surface area (Å²) in [7, 11) is 0. The van der Waals surface area contributed by atoms with Gasteiger partial charge in [-0.1, -0.05) is 5.21 Å². The minimum Gasteiger partial charge on any atom is -0.481 e. The number of carboxylic acids is 1. The van der Waals surface area contributed by atoms with Crippen molar-refractivity contribution in [2.24, 2.45) is 5.41 Å². The lowest BCUT2D eigenvalue weighted by molar-refractivity contribution is -0.146. The third kappa shape index (κ3) is 4.40. The van der Waals surface area contributed by atoms with E-state index in [4.69, 9.17) is 5.11 Å².